The molecule has 3 amide bonds. The number of thioether (sulfide) groups is 1. The molecule has 14 heteroatoms. The van der Waals surface area contributed by atoms with Crippen molar-refractivity contribution in [2.45, 2.75) is 63.7 Å². The van der Waals surface area contributed by atoms with E-state index < -0.39 is 72.6 Å². The lowest BCUT2D eigenvalue weighted by atomic mass is 10.0. The number of nitrogens with two attached hydrogens (primary N) is 1. The molecular weight excluding hydrogens is 460 g/mol. The van der Waals surface area contributed by atoms with Crippen LogP contribution < -0.4 is 21.7 Å². The topological polar surface area (TPSA) is 225 Å². The normalized spacial score (nSPS) is 14.5. The lowest BCUT2D eigenvalue weighted by Crippen LogP contribution is -2.57. The number of amides is 3. The Bertz CT molecular complexity index is 732. The summed E-state index contributed by atoms with van der Waals surface area (Å²) in [7, 11) is 0. The van der Waals surface area contributed by atoms with Crippen LogP contribution in [0.4, 0.5) is 0 Å². The second-order valence-electron chi connectivity index (χ2n) is 7.60. The van der Waals surface area contributed by atoms with Crippen molar-refractivity contribution in [3.05, 3.63) is 0 Å². The van der Waals surface area contributed by atoms with Crippen LogP contribution in [-0.2, 0) is 28.8 Å². The monoisotopic (exact) mass is 492 g/mol. The molecule has 4 atom stereocenters. The molecule has 188 valence electrons. The predicted molar refractivity (Wildman–Crippen MR) is 118 cm³/mol. The zero-order valence-electron chi connectivity index (χ0n) is 18.7. The van der Waals surface area contributed by atoms with Gasteiger partial charge in [-0.1, -0.05) is 13.8 Å². The summed E-state index contributed by atoms with van der Waals surface area (Å²) >= 11 is 1.34. The molecule has 8 N–H and O–H groups in total. The van der Waals surface area contributed by atoms with E-state index in [1.165, 1.54) is 11.8 Å². The van der Waals surface area contributed by atoms with Crippen LogP contribution in [0.1, 0.15) is 39.5 Å². The number of carbonyl (C=O) groups excluding carboxylic acids is 3. The maximum atomic E-state index is 12.8. The van der Waals surface area contributed by atoms with Gasteiger partial charge in [-0.3, -0.25) is 24.0 Å². The number of carbonyl (C=O) groups is 6. The Morgan fingerprint density at radius 2 is 1.27 bits per heavy atom. The summed E-state index contributed by atoms with van der Waals surface area (Å²) in [6, 6.07) is -5.22. The third kappa shape index (κ3) is 12.1. The van der Waals surface area contributed by atoms with Gasteiger partial charge in [0.2, 0.25) is 17.7 Å². The first-order valence-electron chi connectivity index (χ1n) is 10.1. The standard InChI is InChI=1S/C19H32N4O9S/c1-9(2)15(20)18(30)22-10(4-5-13(24)25)16(28)21-11(6-7-33-3)17(29)23-12(19(31)32)8-14(26)27/h9-12,15H,4-8,20H2,1-3H3,(H,21,28)(H,22,30)(H,23,29)(H,24,25)(H,26,27)(H,31,32). The van der Waals surface area contributed by atoms with Gasteiger partial charge < -0.3 is 37.0 Å². The lowest BCUT2D eigenvalue weighted by Gasteiger charge is -2.25. The summed E-state index contributed by atoms with van der Waals surface area (Å²) in [5.41, 5.74) is 5.77. The average Bonchev–Trinajstić information content (AvgIpc) is 2.71. The summed E-state index contributed by atoms with van der Waals surface area (Å²) in [4.78, 5) is 70.7. The number of carboxylic acids is 3. The van der Waals surface area contributed by atoms with Crippen LogP contribution in [0.15, 0.2) is 0 Å². The molecule has 4 unspecified atom stereocenters. The van der Waals surface area contributed by atoms with Crippen molar-refractivity contribution in [1.29, 1.82) is 0 Å². The van der Waals surface area contributed by atoms with Gasteiger partial charge in [-0.2, -0.15) is 11.8 Å². The van der Waals surface area contributed by atoms with Gasteiger partial charge in [0.05, 0.1) is 12.5 Å². The van der Waals surface area contributed by atoms with Crippen LogP contribution in [0.25, 0.3) is 0 Å². The van der Waals surface area contributed by atoms with E-state index in [9.17, 15) is 28.8 Å². The number of carboxylic acid groups (broad SMARTS) is 3. The van der Waals surface area contributed by atoms with Gasteiger partial charge in [0.1, 0.15) is 18.1 Å². The Kier molecular flexibility index (Phi) is 13.7. The quantitative estimate of drug-likeness (QED) is 0.133. The lowest BCUT2D eigenvalue weighted by molar-refractivity contribution is -0.147. The van der Waals surface area contributed by atoms with Gasteiger partial charge in [0.15, 0.2) is 0 Å². The minimum atomic E-state index is -1.71. The highest BCUT2D eigenvalue weighted by Gasteiger charge is 2.31. The van der Waals surface area contributed by atoms with Crippen LogP contribution in [-0.4, -0.2) is 87.1 Å². The highest BCUT2D eigenvalue weighted by atomic mass is 32.2. The molecule has 0 aromatic carbocycles. The van der Waals surface area contributed by atoms with Crippen molar-refractivity contribution in [3.8, 4) is 0 Å². The van der Waals surface area contributed by atoms with E-state index >= 15 is 0 Å². The fourth-order valence-electron chi connectivity index (χ4n) is 2.53. The van der Waals surface area contributed by atoms with Crippen molar-refractivity contribution < 1.29 is 44.1 Å². The Hall–Kier alpha value is -2.87. The van der Waals surface area contributed by atoms with E-state index in [1.807, 2.05) is 0 Å². The minimum absolute atomic E-state index is 0.0727. The molecule has 0 aliphatic heterocycles. The summed E-state index contributed by atoms with van der Waals surface area (Å²) in [6.07, 6.45) is 0.227. The van der Waals surface area contributed by atoms with Gasteiger partial charge >= 0.3 is 17.9 Å². The van der Waals surface area contributed by atoms with Gasteiger partial charge in [0, 0.05) is 6.42 Å². The molecule has 13 nitrogen and oxygen atoms in total. The third-order valence-electron chi connectivity index (χ3n) is 4.54. The molecule has 0 rings (SSSR count). The molecule has 0 bridgehead atoms. The van der Waals surface area contributed by atoms with E-state index in [2.05, 4.69) is 16.0 Å². The second-order valence-corrected chi connectivity index (χ2v) is 8.59. The zero-order chi connectivity index (χ0) is 25.7. The molecule has 0 aromatic heterocycles. The van der Waals surface area contributed by atoms with Crippen molar-refractivity contribution in [3.63, 3.8) is 0 Å². The molecule has 0 aromatic rings. The van der Waals surface area contributed by atoms with Crippen LogP contribution in [0.2, 0.25) is 0 Å². The smallest absolute Gasteiger partial charge is 0.326 e. The number of nitrogens with one attached hydrogen (secondary N) is 3. The first kappa shape index (κ1) is 30.1. The first-order chi connectivity index (χ1) is 15.3. The molecule has 0 radical (unpaired) electrons. The molecular formula is C19H32N4O9S. The molecule has 0 aliphatic rings. The molecule has 0 aliphatic carbocycles. The Morgan fingerprint density at radius 3 is 1.70 bits per heavy atom. The van der Waals surface area contributed by atoms with E-state index in [-0.39, 0.29) is 18.8 Å². The van der Waals surface area contributed by atoms with Crippen molar-refractivity contribution in [2.75, 3.05) is 12.0 Å². The van der Waals surface area contributed by atoms with Gasteiger partial charge in [0.25, 0.3) is 0 Å². The van der Waals surface area contributed by atoms with E-state index in [1.54, 1.807) is 20.1 Å². The maximum Gasteiger partial charge on any atom is 0.326 e. The highest BCUT2D eigenvalue weighted by Crippen LogP contribution is 2.07. The van der Waals surface area contributed by atoms with E-state index in [0.717, 1.165) is 0 Å². The summed E-state index contributed by atoms with van der Waals surface area (Å²) < 4.78 is 0. The van der Waals surface area contributed by atoms with Crippen LogP contribution in [0.5, 0.6) is 0 Å². The van der Waals surface area contributed by atoms with Gasteiger partial charge in [-0.05, 0) is 30.8 Å². The number of rotatable bonds is 16. The molecule has 0 saturated carbocycles. The fraction of sp³-hybridized carbons (Fsp3) is 0.684. The van der Waals surface area contributed by atoms with Gasteiger partial charge in [-0.25, -0.2) is 4.79 Å². The Balaban J connectivity index is 5.54. The maximum absolute atomic E-state index is 12.8. The number of aliphatic carboxylic acids is 3. The molecule has 0 fully saturated rings. The summed E-state index contributed by atoms with van der Waals surface area (Å²) in [5.74, 6) is -6.52. The molecule has 0 spiro atoms. The van der Waals surface area contributed by atoms with E-state index in [4.69, 9.17) is 21.1 Å². The Morgan fingerprint density at radius 1 is 0.788 bits per heavy atom. The highest BCUT2D eigenvalue weighted by molar-refractivity contribution is 7.98. The minimum Gasteiger partial charge on any atom is -0.481 e. The van der Waals surface area contributed by atoms with E-state index in [0.29, 0.717) is 5.75 Å². The Labute approximate surface area is 195 Å². The molecule has 33 heavy (non-hydrogen) atoms. The molecule has 0 saturated heterocycles. The second kappa shape index (κ2) is 15.1. The van der Waals surface area contributed by atoms with Crippen LogP contribution >= 0.6 is 11.8 Å². The summed E-state index contributed by atoms with van der Waals surface area (Å²) in [6.45, 7) is 3.38. The zero-order valence-corrected chi connectivity index (χ0v) is 19.5. The number of hydrogen-bond acceptors (Lipinski definition) is 8. The largest absolute Gasteiger partial charge is 0.481 e. The van der Waals surface area contributed by atoms with Gasteiger partial charge in [-0.15, -0.1) is 0 Å². The average molecular weight is 493 g/mol. The SMILES string of the molecule is CSCCC(NC(=O)C(CCC(=O)O)NC(=O)C(N)C(C)C)C(=O)NC(CC(=O)O)C(=O)O. The number of hydrogen-bond donors (Lipinski definition) is 7. The third-order valence-corrected chi connectivity index (χ3v) is 5.18. The van der Waals surface area contributed by atoms with Crippen molar-refractivity contribution in [1.82, 2.24) is 16.0 Å². The van der Waals surface area contributed by atoms with Crippen LogP contribution in [0, 0.1) is 5.92 Å². The fourth-order valence-corrected chi connectivity index (χ4v) is 3.00. The van der Waals surface area contributed by atoms with Crippen LogP contribution in [0.3, 0.4) is 0 Å². The molecule has 0 heterocycles. The predicted octanol–water partition coefficient (Wildman–Crippen LogP) is -1.40. The first-order valence-corrected chi connectivity index (χ1v) is 11.5. The summed E-state index contributed by atoms with van der Waals surface area (Å²) in [5, 5.41) is 33.8. The van der Waals surface area contributed by atoms with Crippen molar-refractivity contribution >= 4 is 47.4 Å². The van der Waals surface area contributed by atoms with Crippen molar-refractivity contribution in [2.24, 2.45) is 11.7 Å².